The number of likely N-dealkylation sites (N-methyl/N-ethyl adjacent to an activating group) is 1. The van der Waals surface area contributed by atoms with Gasteiger partial charge in [-0.05, 0) is 43.2 Å². The van der Waals surface area contributed by atoms with Crippen LogP contribution in [0, 0.1) is 0 Å². The van der Waals surface area contributed by atoms with E-state index < -0.39 is 0 Å². The van der Waals surface area contributed by atoms with Gasteiger partial charge in [-0.2, -0.15) is 5.10 Å². The maximum atomic E-state index is 12.7. The van der Waals surface area contributed by atoms with Crippen molar-refractivity contribution in [1.82, 2.24) is 19.7 Å². The van der Waals surface area contributed by atoms with Crippen molar-refractivity contribution in [2.75, 3.05) is 20.7 Å². The van der Waals surface area contributed by atoms with E-state index in [0.29, 0.717) is 13.1 Å². The second-order valence-electron chi connectivity index (χ2n) is 7.43. The van der Waals surface area contributed by atoms with E-state index in [-0.39, 0.29) is 5.91 Å². The predicted molar refractivity (Wildman–Crippen MR) is 118 cm³/mol. The Kier molecular flexibility index (Phi) is 5.84. The van der Waals surface area contributed by atoms with Gasteiger partial charge in [0.25, 0.3) is 0 Å². The molecule has 0 fully saturated rings. The first-order valence-corrected chi connectivity index (χ1v) is 10.1. The molecule has 0 bridgehead atoms. The molecule has 0 aliphatic heterocycles. The van der Waals surface area contributed by atoms with Gasteiger partial charge < -0.3 is 14.2 Å². The molecule has 0 aliphatic rings. The van der Waals surface area contributed by atoms with Crippen LogP contribution >= 0.6 is 0 Å². The first kappa shape index (κ1) is 19.8. The molecule has 2 aromatic carbocycles. The van der Waals surface area contributed by atoms with Gasteiger partial charge in [0.15, 0.2) is 0 Å². The molecule has 0 unspecified atom stereocenters. The molecule has 0 radical (unpaired) electrons. The summed E-state index contributed by atoms with van der Waals surface area (Å²) in [4.78, 5) is 14.5. The highest BCUT2D eigenvalue weighted by Crippen LogP contribution is 2.22. The molecule has 0 saturated carbocycles. The lowest BCUT2D eigenvalue weighted by Gasteiger charge is -2.17. The minimum atomic E-state index is 0.0953. The molecule has 1 amide bonds. The van der Waals surface area contributed by atoms with Gasteiger partial charge in [-0.25, -0.2) is 0 Å². The number of rotatable bonds is 8. The van der Waals surface area contributed by atoms with Gasteiger partial charge in [0.05, 0.1) is 12.8 Å². The maximum absolute atomic E-state index is 12.7. The molecule has 154 valence electrons. The van der Waals surface area contributed by atoms with Crippen LogP contribution in [0.4, 0.5) is 0 Å². The highest BCUT2D eigenvalue weighted by atomic mass is 16.5. The van der Waals surface area contributed by atoms with E-state index >= 15 is 0 Å². The highest BCUT2D eigenvalue weighted by Gasteiger charge is 2.12. The van der Waals surface area contributed by atoms with E-state index in [1.54, 1.807) is 12.0 Å². The molecule has 0 atom stereocenters. The van der Waals surface area contributed by atoms with Crippen molar-refractivity contribution in [3.8, 4) is 17.0 Å². The molecule has 4 rings (SSSR count). The summed E-state index contributed by atoms with van der Waals surface area (Å²) in [6.07, 6.45) is 3.68. The second kappa shape index (κ2) is 8.86. The van der Waals surface area contributed by atoms with Gasteiger partial charge in [-0.3, -0.25) is 9.89 Å². The molecular weight excluding hydrogens is 376 g/mol. The summed E-state index contributed by atoms with van der Waals surface area (Å²) < 4.78 is 7.25. The predicted octanol–water partition coefficient (Wildman–Crippen LogP) is 4.13. The lowest BCUT2D eigenvalue weighted by atomic mass is 10.1. The van der Waals surface area contributed by atoms with E-state index in [1.165, 1.54) is 0 Å². The summed E-state index contributed by atoms with van der Waals surface area (Å²) in [6.45, 7) is 1.03. The minimum Gasteiger partial charge on any atom is -0.497 e. The number of ether oxygens (including phenoxy) is 1. The fraction of sp³-hybridized carbons (Fsp3) is 0.250. The third-order valence-electron chi connectivity index (χ3n) is 5.35. The first-order chi connectivity index (χ1) is 14.6. The normalized spacial score (nSPS) is 11.0. The van der Waals surface area contributed by atoms with Crippen molar-refractivity contribution >= 4 is 16.8 Å². The summed E-state index contributed by atoms with van der Waals surface area (Å²) in [5, 5.41) is 8.57. The monoisotopic (exact) mass is 402 g/mol. The van der Waals surface area contributed by atoms with Crippen molar-refractivity contribution in [2.24, 2.45) is 0 Å². The average Bonchev–Trinajstić information content (AvgIpc) is 3.41. The van der Waals surface area contributed by atoms with Crippen LogP contribution in [0.3, 0.4) is 0 Å². The summed E-state index contributed by atoms with van der Waals surface area (Å²) in [5.41, 5.74) is 4.17. The van der Waals surface area contributed by atoms with Crippen LogP contribution in [0.2, 0.25) is 0 Å². The highest BCUT2D eigenvalue weighted by molar-refractivity contribution is 5.84. The molecule has 6 nitrogen and oxygen atoms in total. The number of hydrogen-bond donors (Lipinski definition) is 1. The lowest BCUT2D eigenvalue weighted by Crippen LogP contribution is -2.31. The summed E-state index contributed by atoms with van der Waals surface area (Å²) in [6, 6.07) is 20.1. The minimum absolute atomic E-state index is 0.0953. The number of fused-ring (bicyclic) bond motifs is 1. The number of nitrogens with zero attached hydrogens (tertiary/aromatic N) is 3. The number of hydrogen-bond acceptors (Lipinski definition) is 3. The van der Waals surface area contributed by atoms with Crippen LogP contribution in [0.15, 0.2) is 66.9 Å². The van der Waals surface area contributed by atoms with Gasteiger partial charge in [0.1, 0.15) is 12.3 Å². The van der Waals surface area contributed by atoms with E-state index in [1.807, 2.05) is 72.4 Å². The number of carbonyl (C=O) groups is 1. The quantitative estimate of drug-likeness (QED) is 0.482. The fourth-order valence-electron chi connectivity index (χ4n) is 3.59. The number of aromatic amines is 1. The van der Waals surface area contributed by atoms with Crippen LogP contribution < -0.4 is 4.74 Å². The third-order valence-corrected chi connectivity index (χ3v) is 5.35. The van der Waals surface area contributed by atoms with Gasteiger partial charge in [0, 0.05) is 41.9 Å². The number of benzene rings is 2. The Hall–Kier alpha value is -3.54. The van der Waals surface area contributed by atoms with Crippen molar-refractivity contribution in [3.05, 3.63) is 72.6 Å². The standard InChI is InChI=1S/C24H26N4O2/c1-27(13-6-9-20-16-22(26-25-20)18-7-4-3-5-8-18)24(29)17-28-14-12-19-15-21(30-2)10-11-23(19)28/h3-5,7-8,10-12,14-16H,6,9,13,17H2,1-2H3,(H,25,26). The number of H-pyrrole nitrogens is 1. The van der Waals surface area contributed by atoms with Gasteiger partial charge >= 0.3 is 0 Å². The molecule has 4 aromatic rings. The smallest absolute Gasteiger partial charge is 0.242 e. The number of nitrogens with one attached hydrogen (secondary N) is 1. The lowest BCUT2D eigenvalue weighted by molar-refractivity contribution is -0.130. The summed E-state index contributed by atoms with van der Waals surface area (Å²) in [5.74, 6) is 0.913. The van der Waals surface area contributed by atoms with Gasteiger partial charge in [-0.15, -0.1) is 0 Å². The van der Waals surface area contributed by atoms with Crippen molar-refractivity contribution in [1.29, 1.82) is 0 Å². The third kappa shape index (κ3) is 4.38. The van der Waals surface area contributed by atoms with Crippen LogP contribution in [0.25, 0.3) is 22.2 Å². The zero-order valence-corrected chi connectivity index (χ0v) is 17.3. The van der Waals surface area contributed by atoms with Crippen molar-refractivity contribution in [2.45, 2.75) is 19.4 Å². The van der Waals surface area contributed by atoms with Gasteiger partial charge in [0.2, 0.25) is 5.91 Å². The van der Waals surface area contributed by atoms with E-state index in [2.05, 4.69) is 16.3 Å². The Morgan fingerprint density at radius 1 is 1.13 bits per heavy atom. The Balaban J connectivity index is 1.30. The average molecular weight is 402 g/mol. The molecule has 30 heavy (non-hydrogen) atoms. The summed E-state index contributed by atoms with van der Waals surface area (Å²) in [7, 11) is 3.52. The molecule has 1 N–H and O–H groups in total. The molecule has 2 aromatic heterocycles. The van der Waals surface area contributed by atoms with E-state index in [0.717, 1.165) is 46.4 Å². The molecule has 2 heterocycles. The van der Waals surface area contributed by atoms with E-state index in [4.69, 9.17) is 4.74 Å². The zero-order chi connectivity index (χ0) is 20.9. The van der Waals surface area contributed by atoms with E-state index in [9.17, 15) is 4.79 Å². The largest absolute Gasteiger partial charge is 0.497 e. The Morgan fingerprint density at radius 2 is 1.97 bits per heavy atom. The van der Waals surface area contributed by atoms with Gasteiger partial charge in [-0.1, -0.05) is 30.3 Å². The van der Waals surface area contributed by atoms with Crippen LogP contribution in [-0.4, -0.2) is 46.3 Å². The number of aryl methyl sites for hydroxylation is 1. The topological polar surface area (TPSA) is 63.1 Å². The molecule has 0 saturated heterocycles. The second-order valence-corrected chi connectivity index (χ2v) is 7.43. The molecule has 0 spiro atoms. The number of aromatic nitrogens is 3. The Morgan fingerprint density at radius 3 is 2.77 bits per heavy atom. The maximum Gasteiger partial charge on any atom is 0.242 e. The molecular formula is C24H26N4O2. The zero-order valence-electron chi connectivity index (χ0n) is 17.3. The van der Waals surface area contributed by atoms with Crippen LogP contribution in [-0.2, 0) is 17.8 Å². The Labute approximate surface area is 176 Å². The van der Waals surface area contributed by atoms with Crippen LogP contribution in [0.5, 0.6) is 5.75 Å². The molecule has 6 heteroatoms. The van der Waals surface area contributed by atoms with Crippen molar-refractivity contribution < 1.29 is 9.53 Å². The first-order valence-electron chi connectivity index (χ1n) is 10.1. The Bertz CT molecular complexity index is 1130. The number of carbonyl (C=O) groups excluding carboxylic acids is 1. The number of methoxy groups -OCH3 is 1. The SMILES string of the molecule is COc1ccc2c(ccn2CC(=O)N(C)CCCc2cc(-c3ccccc3)n[nH]2)c1. The number of amides is 1. The fourth-order valence-corrected chi connectivity index (χ4v) is 3.59. The van der Waals surface area contributed by atoms with Crippen LogP contribution in [0.1, 0.15) is 12.1 Å². The van der Waals surface area contributed by atoms with Crippen molar-refractivity contribution in [3.63, 3.8) is 0 Å². The molecule has 0 aliphatic carbocycles. The summed E-state index contributed by atoms with van der Waals surface area (Å²) >= 11 is 0.